The molecule has 2 heterocycles. The average Bonchev–Trinajstić information content (AvgIpc) is 3.07. The maximum Gasteiger partial charge on any atom is 0.329 e. The number of aromatic nitrogens is 3. The second-order valence-electron chi connectivity index (χ2n) is 5.84. The topological polar surface area (TPSA) is 109 Å². The number of carbonyl (C=O) groups excluding carboxylic acids is 1. The summed E-state index contributed by atoms with van der Waals surface area (Å²) in [6.45, 7) is 0.608. The van der Waals surface area contributed by atoms with Gasteiger partial charge in [-0.1, -0.05) is 30.3 Å². The van der Waals surface area contributed by atoms with Gasteiger partial charge in [-0.25, -0.2) is 9.36 Å². The lowest BCUT2D eigenvalue weighted by atomic mass is 10.1. The minimum absolute atomic E-state index is 0.260. The maximum atomic E-state index is 12.6. The van der Waals surface area contributed by atoms with Crippen molar-refractivity contribution < 1.29 is 9.53 Å². The minimum Gasteiger partial charge on any atom is -0.385 e. The fourth-order valence-electron chi connectivity index (χ4n) is 2.76. The summed E-state index contributed by atoms with van der Waals surface area (Å²) in [5.41, 5.74) is 1.15. The molecule has 3 N–H and O–H groups in total. The molecule has 2 aromatic heterocycles. The van der Waals surface area contributed by atoms with Gasteiger partial charge in [0.15, 0.2) is 0 Å². The number of methoxy groups -OCH3 is 1. The van der Waals surface area contributed by atoms with Gasteiger partial charge in [0.05, 0.1) is 5.52 Å². The van der Waals surface area contributed by atoms with E-state index in [1.165, 1.54) is 0 Å². The molecule has 0 fully saturated rings. The van der Waals surface area contributed by atoms with Crippen molar-refractivity contribution >= 4 is 16.9 Å². The second-order valence-corrected chi connectivity index (χ2v) is 5.84. The van der Waals surface area contributed by atoms with E-state index in [9.17, 15) is 14.4 Å². The van der Waals surface area contributed by atoms with E-state index in [1.807, 2.05) is 30.3 Å². The number of fused-ring (bicyclic) bond motifs is 1. The van der Waals surface area contributed by atoms with Gasteiger partial charge >= 0.3 is 5.69 Å². The number of nitrogens with one attached hydrogen (secondary N) is 3. The Morgan fingerprint density at radius 3 is 2.69 bits per heavy atom. The van der Waals surface area contributed by atoms with Crippen LogP contribution in [0.2, 0.25) is 0 Å². The molecule has 0 aliphatic heterocycles. The second kappa shape index (κ2) is 7.83. The number of hydrogen-bond donors (Lipinski definition) is 3. The highest BCUT2D eigenvalue weighted by molar-refractivity contribution is 5.91. The predicted octanol–water partition coefficient (Wildman–Crippen LogP) is 0.838. The first-order valence-electron chi connectivity index (χ1n) is 8.27. The lowest BCUT2D eigenvalue weighted by Gasteiger charge is -2.07. The third kappa shape index (κ3) is 3.60. The highest BCUT2D eigenvalue weighted by Crippen LogP contribution is 2.24. The number of rotatable bonds is 7. The van der Waals surface area contributed by atoms with Gasteiger partial charge in [0, 0.05) is 32.0 Å². The van der Waals surface area contributed by atoms with Gasteiger partial charge in [-0.15, -0.1) is 0 Å². The summed E-state index contributed by atoms with van der Waals surface area (Å²) in [5.74, 6) is -0.400. The highest BCUT2D eigenvalue weighted by atomic mass is 16.5. The average molecular weight is 356 g/mol. The zero-order valence-electron chi connectivity index (χ0n) is 14.4. The first kappa shape index (κ1) is 17.7. The van der Waals surface area contributed by atoms with Crippen molar-refractivity contribution in [1.29, 1.82) is 0 Å². The van der Waals surface area contributed by atoms with Crippen LogP contribution in [0.5, 0.6) is 0 Å². The number of nitrogens with zero attached hydrogens (tertiary/aromatic N) is 1. The van der Waals surface area contributed by atoms with Gasteiger partial charge in [-0.05, 0) is 12.0 Å². The van der Waals surface area contributed by atoms with Crippen molar-refractivity contribution in [3.05, 3.63) is 57.4 Å². The van der Waals surface area contributed by atoms with Crippen molar-refractivity contribution in [2.24, 2.45) is 0 Å². The SMILES string of the molecule is COCCCNC(=O)Cn1c(=O)[nH]c2c(-c3ccccc3)c[nH]c2c1=O. The first-order valence-corrected chi connectivity index (χ1v) is 8.27. The van der Waals surface area contributed by atoms with E-state index in [0.717, 1.165) is 15.7 Å². The number of carbonyl (C=O) groups is 1. The van der Waals surface area contributed by atoms with E-state index in [0.29, 0.717) is 25.1 Å². The molecule has 1 aromatic carbocycles. The van der Waals surface area contributed by atoms with Gasteiger partial charge in [0.2, 0.25) is 5.91 Å². The third-order valence-electron chi connectivity index (χ3n) is 4.05. The van der Waals surface area contributed by atoms with Crippen molar-refractivity contribution in [3.8, 4) is 11.1 Å². The molecule has 3 aromatic rings. The van der Waals surface area contributed by atoms with E-state index in [2.05, 4.69) is 15.3 Å². The van der Waals surface area contributed by atoms with E-state index in [4.69, 9.17) is 4.74 Å². The normalized spacial score (nSPS) is 11.0. The standard InChI is InChI=1S/C18H20N4O4/c1-26-9-5-8-19-14(23)11-22-17(24)16-15(21-18(22)25)13(10-20-16)12-6-3-2-4-7-12/h2-4,6-7,10,20H,5,8-9,11H2,1H3,(H,19,23)(H,21,25). The number of H-pyrrole nitrogens is 2. The Bertz CT molecular complexity index is 1020. The Morgan fingerprint density at radius 2 is 1.96 bits per heavy atom. The summed E-state index contributed by atoms with van der Waals surface area (Å²) in [7, 11) is 1.58. The Morgan fingerprint density at radius 1 is 1.19 bits per heavy atom. The fraction of sp³-hybridized carbons (Fsp3) is 0.278. The predicted molar refractivity (Wildman–Crippen MR) is 98.1 cm³/mol. The Labute approximate surface area is 148 Å². The zero-order chi connectivity index (χ0) is 18.5. The van der Waals surface area contributed by atoms with Crippen LogP contribution < -0.4 is 16.6 Å². The number of ether oxygens (including phenoxy) is 1. The smallest absolute Gasteiger partial charge is 0.329 e. The van der Waals surface area contributed by atoms with Gasteiger partial charge in [0.25, 0.3) is 5.56 Å². The molecule has 1 amide bonds. The van der Waals surface area contributed by atoms with Crippen LogP contribution in [-0.2, 0) is 16.1 Å². The number of benzene rings is 1. The summed E-state index contributed by atoms with van der Waals surface area (Å²) in [4.78, 5) is 42.5. The number of amides is 1. The lowest BCUT2D eigenvalue weighted by molar-refractivity contribution is -0.121. The molecule has 0 aliphatic carbocycles. The Kier molecular flexibility index (Phi) is 5.33. The molecule has 8 nitrogen and oxygen atoms in total. The molecule has 8 heteroatoms. The molecular formula is C18H20N4O4. The summed E-state index contributed by atoms with van der Waals surface area (Å²) in [6.07, 6.45) is 2.33. The molecule has 3 rings (SSSR count). The van der Waals surface area contributed by atoms with E-state index >= 15 is 0 Å². The van der Waals surface area contributed by atoms with Crippen LogP contribution >= 0.6 is 0 Å². The molecule has 0 unspecified atom stereocenters. The van der Waals surface area contributed by atoms with Crippen LogP contribution in [-0.4, -0.2) is 40.7 Å². The first-order chi connectivity index (χ1) is 12.6. The summed E-state index contributed by atoms with van der Waals surface area (Å²) >= 11 is 0. The Hall–Kier alpha value is -3.13. The monoisotopic (exact) mass is 356 g/mol. The molecule has 0 radical (unpaired) electrons. The molecule has 0 saturated carbocycles. The molecular weight excluding hydrogens is 336 g/mol. The number of hydrogen-bond acceptors (Lipinski definition) is 4. The molecule has 0 atom stereocenters. The van der Waals surface area contributed by atoms with Gasteiger partial charge < -0.3 is 20.0 Å². The maximum absolute atomic E-state index is 12.6. The highest BCUT2D eigenvalue weighted by Gasteiger charge is 2.15. The van der Waals surface area contributed by atoms with Crippen LogP contribution in [0.25, 0.3) is 22.2 Å². The van der Waals surface area contributed by atoms with Crippen LogP contribution in [0, 0.1) is 0 Å². The van der Waals surface area contributed by atoms with Crippen molar-refractivity contribution in [3.63, 3.8) is 0 Å². The third-order valence-corrected chi connectivity index (χ3v) is 4.05. The van der Waals surface area contributed by atoms with Crippen LogP contribution in [0.4, 0.5) is 0 Å². The Balaban J connectivity index is 1.89. The van der Waals surface area contributed by atoms with Gasteiger partial charge in [-0.3, -0.25) is 9.59 Å². The van der Waals surface area contributed by atoms with Crippen LogP contribution in [0.15, 0.2) is 46.1 Å². The molecule has 26 heavy (non-hydrogen) atoms. The van der Waals surface area contributed by atoms with Crippen LogP contribution in [0.3, 0.4) is 0 Å². The molecule has 0 spiro atoms. The van der Waals surface area contributed by atoms with Crippen molar-refractivity contribution in [2.75, 3.05) is 20.3 Å². The van der Waals surface area contributed by atoms with Crippen molar-refractivity contribution in [1.82, 2.24) is 19.9 Å². The zero-order valence-corrected chi connectivity index (χ0v) is 14.4. The summed E-state index contributed by atoms with van der Waals surface area (Å²) in [6, 6.07) is 9.42. The van der Waals surface area contributed by atoms with E-state index < -0.39 is 17.2 Å². The molecule has 0 bridgehead atoms. The number of aromatic amines is 2. The molecule has 0 aliphatic rings. The van der Waals surface area contributed by atoms with Crippen LogP contribution in [0.1, 0.15) is 6.42 Å². The lowest BCUT2D eigenvalue weighted by Crippen LogP contribution is -2.40. The quantitative estimate of drug-likeness (QED) is 0.545. The van der Waals surface area contributed by atoms with Crippen molar-refractivity contribution in [2.45, 2.75) is 13.0 Å². The van der Waals surface area contributed by atoms with Gasteiger partial charge in [0.1, 0.15) is 12.1 Å². The molecule has 0 saturated heterocycles. The van der Waals surface area contributed by atoms with E-state index in [-0.39, 0.29) is 12.1 Å². The minimum atomic E-state index is -0.619. The summed E-state index contributed by atoms with van der Waals surface area (Å²) in [5, 5.41) is 2.66. The van der Waals surface area contributed by atoms with Gasteiger partial charge in [-0.2, -0.15) is 0 Å². The van der Waals surface area contributed by atoms with E-state index in [1.54, 1.807) is 13.3 Å². The molecule has 136 valence electrons. The largest absolute Gasteiger partial charge is 0.385 e. The fourth-order valence-corrected chi connectivity index (χ4v) is 2.76. The summed E-state index contributed by atoms with van der Waals surface area (Å²) < 4.78 is 5.79.